The van der Waals surface area contributed by atoms with E-state index in [0.717, 1.165) is 5.56 Å². The minimum atomic E-state index is -0.695. The Hall–Kier alpha value is -3.36. The maximum atomic E-state index is 12.5. The Morgan fingerprint density at radius 3 is 2.38 bits per heavy atom. The van der Waals surface area contributed by atoms with Gasteiger partial charge in [0.2, 0.25) is 0 Å². The number of halogens is 2. The van der Waals surface area contributed by atoms with Crippen LogP contribution in [0.3, 0.4) is 0 Å². The Morgan fingerprint density at radius 1 is 1.00 bits per heavy atom. The number of esters is 1. The maximum Gasteiger partial charge on any atom is 0.342 e. The molecule has 0 atom stereocenters. The number of rotatable bonds is 6. The van der Waals surface area contributed by atoms with Gasteiger partial charge >= 0.3 is 5.97 Å². The van der Waals surface area contributed by atoms with Gasteiger partial charge in [-0.15, -0.1) is 0 Å². The van der Waals surface area contributed by atoms with E-state index in [1.165, 1.54) is 12.1 Å². The molecule has 2 N–H and O–H groups in total. The van der Waals surface area contributed by atoms with Gasteiger partial charge in [-0.1, -0.05) is 41.4 Å². The van der Waals surface area contributed by atoms with Crippen LogP contribution in [-0.2, 0) is 16.1 Å². The molecule has 0 fully saturated rings. The number of benzene rings is 2. The van der Waals surface area contributed by atoms with Gasteiger partial charge in [0, 0.05) is 15.6 Å². The highest BCUT2D eigenvalue weighted by molar-refractivity contribution is 6.31. The number of hydrogen-bond acceptors (Lipinski definition) is 5. The number of nitrogens with zero attached hydrogens (tertiary/aromatic N) is 2. The van der Waals surface area contributed by atoms with Gasteiger partial charge in [0.25, 0.3) is 11.8 Å². The molecule has 10 heteroatoms. The molecule has 2 amide bonds. The predicted molar refractivity (Wildman–Crippen MR) is 120 cm³/mol. The number of aryl methyl sites for hydroxylation is 1. The van der Waals surface area contributed by atoms with Crippen molar-refractivity contribution in [2.24, 2.45) is 0 Å². The van der Waals surface area contributed by atoms with Crippen molar-refractivity contribution in [3.8, 4) is 0 Å². The summed E-state index contributed by atoms with van der Waals surface area (Å²) in [6, 6.07) is 13.5. The van der Waals surface area contributed by atoms with Crippen LogP contribution in [0, 0.1) is 13.8 Å². The van der Waals surface area contributed by atoms with E-state index in [-0.39, 0.29) is 5.56 Å². The highest BCUT2D eigenvalue weighted by Crippen LogP contribution is 2.20. The van der Waals surface area contributed by atoms with Crippen LogP contribution in [0.5, 0.6) is 0 Å². The Labute approximate surface area is 194 Å². The van der Waals surface area contributed by atoms with Crippen molar-refractivity contribution in [1.82, 2.24) is 20.6 Å². The minimum absolute atomic E-state index is 0.273. The molecule has 32 heavy (non-hydrogen) atoms. The lowest BCUT2D eigenvalue weighted by molar-refractivity contribution is -0.125. The van der Waals surface area contributed by atoms with E-state index < -0.39 is 24.4 Å². The third-order valence-electron chi connectivity index (χ3n) is 4.62. The van der Waals surface area contributed by atoms with Crippen molar-refractivity contribution in [3.63, 3.8) is 0 Å². The van der Waals surface area contributed by atoms with Gasteiger partial charge in [-0.2, -0.15) is 5.10 Å². The Kier molecular flexibility index (Phi) is 7.50. The molecule has 1 heterocycles. The predicted octanol–water partition coefficient (Wildman–Crippen LogP) is 3.47. The zero-order valence-corrected chi connectivity index (χ0v) is 18.8. The van der Waals surface area contributed by atoms with Crippen LogP contribution < -0.4 is 10.9 Å². The van der Waals surface area contributed by atoms with E-state index in [1.807, 2.05) is 18.2 Å². The molecule has 0 radical (unpaired) electrons. The van der Waals surface area contributed by atoms with Crippen LogP contribution in [0.1, 0.15) is 37.7 Å². The van der Waals surface area contributed by atoms with E-state index in [2.05, 4.69) is 16.0 Å². The fourth-order valence-electron chi connectivity index (χ4n) is 2.97. The van der Waals surface area contributed by atoms with E-state index in [1.54, 1.807) is 36.7 Å². The van der Waals surface area contributed by atoms with Crippen molar-refractivity contribution in [1.29, 1.82) is 0 Å². The number of amides is 2. The number of ether oxygens (including phenoxy) is 1. The third kappa shape index (κ3) is 5.66. The molecule has 3 rings (SSSR count). The molecule has 2 aromatic carbocycles. The lowest BCUT2D eigenvalue weighted by atomic mass is 10.2. The molecule has 0 spiro atoms. The average molecular weight is 475 g/mol. The second-order valence-electron chi connectivity index (χ2n) is 6.88. The zero-order valence-electron chi connectivity index (χ0n) is 17.3. The number of nitrogens with one attached hydrogen (secondary N) is 2. The first-order valence-corrected chi connectivity index (χ1v) is 10.3. The van der Waals surface area contributed by atoms with Crippen LogP contribution in [0.25, 0.3) is 0 Å². The number of hydrogen-bond donors (Lipinski definition) is 2. The molecule has 0 bridgehead atoms. The SMILES string of the molecule is Cc1nn(Cc2ccccc2Cl)c(C)c1C(=O)OCC(=O)NNC(=O)c1ccc(Cl)cc1. The van der Waals surface area contributed by atoms with E-state index in [4.69, 9.17) is 27.9 Å². The molecule has 0 unspecified atom stereocenters. The molecular weight excluding hydrogens is 455 g/mol. The number of hydrazine groups is 1. The summed E-state index contributed by atoms with van der Waals surface area (Å²) < 4.78 is 6.75. The fourth-order valence-corrected chi connectivity index (χ4v) is 3.29. The molecular formula is C22H20Cl2N4O4. The average Bonchev–Trinajstić information content (AvgIpc) is 3.05. The molecule has 0 saturated heterocycles. The standard InChI is InChI=1S/C22H20Cl2N4O4/c1-13-20(14(2)28(27-13)11-16-5-3-4-6-18(16)24)22(31)32-12-19(29)25-26-21(30)15-7-9-17(23)10-8-15/h3-10H,11-12H2,1-2H3,(H,25,29)(H,26,30). The number of aromatic nitrogens is 2. The Balaban J connectivity index is 1.56. The third-order valence-corrected chi connectivity index (χ3v) is 5.24. The summed E-state index contributed by atoms with van der Waals surface area (Å²) in [7, 11) is 0. The van der Waals surface area contributed by atoms with Crippen molar-refractivity contribution in [2.75, 3.05) is 6.61 Å². The lowest BCUT2D eigenvalue weighted by Crippen LogP contribution is -2.43. The molecule has 3 aromatic rings. The maximum absolute atomic E-state index is 12.5. The molecule has 1 aromatic heterocycles. The van der Waals surface area contributed by atoms with Gasteiger partial charge in [-0.3, -0.25) is 25.1 Å². The van der Waals surface area contributed by atoms with Crippen molar-refractivity contribution in [3.05, 3.63) is 86.7 Å². The van der Waals surface area contributed by atoms with Crippen LogP contribution in [0.15, 0.2) is 48.5 Å². The topological polar surface area (TPSA) is 102 Å². The van der Waals surface area contributed by atoms with Crippen molar-refractivity contribution >= 4 is 41.0 Å². The van der Waals surface area contributed by atoms with Gasteiger partial charge in [-0.05, 0) is 49.7 Å². The number of carbonyl (C=O) groups is 3. The first kappa shape index (κ1) is 23.3. The lowest BCUT2D eigenvalue weighted by Gasteiger charge is -2.09. The van der Waals surface area contributed by atoms with Crippen LogP contribution in [0.2, 0.25) is 10.0 Å². The zero-order chi connectivity index (χ0) is 23.3. The van der Waals surface area contributed by atoms with Crippen LogP contribution in [0.4, 0.5) is 0 Å². The highest BCUT2D eigenvalue weighted by atomic mass is 35.5. The van der Waals surface area contributed by atoms with E-state index in [0.29, 0.717) is 33.5 Å². The van der Waals surface area contributed by atoms with Gasteiger partial charge in [0.05, 0.1) is 17.9 Å². The molecule has 0 aliphatic heterocycles. The quantitative estimate of drug-likeness (QED) is 0.420. The van der Waals surface area contributed by atoms with Gasteiger partial charge < -0.3 is 4.74 Å². The minimum Gasteiger partial charge on any atom is -0.452 e. The van der Waals surface area contributed by atoms with E-state index >= 15 is 0 Å². The molecule has 8 nitrogen and oxygen atoms in total. The monoisotopic (exact) mass is 474 g/mol. The Morgan fingerprint density at radius 2 is 1.69 bits per heavy atom. The summed E-state index contributed by atoms with van der Waals surface area (Å²) in [5.41, 5.74) is 6.93. The summed E-state index contributed by atoms with van der Waals surface area (Å²) in [6.07, 6.45) is 0. The summed E-state index contributed by atoms with van der Waals surface area (Å²) in [4.78, 5) is 36.5. The summed E-state index contributed by atoms with van der Waals surface area (Å²) in [5, 5.41) is 5.47. The molecule has 0 saturated carbocycles. The van der Waals surface area contributed by atoms with Crippen LogP contribution >= 0.6 is 23.2 Å². The largest absolute Gasteiger partial charge is 0.452 e. The second-order valence-corrected chi connectivity index (χ2v) is 7.72. The van der Waals surface area contributed by atoms with Gasteiger partial charge in [0.1, 0.15) is 5.56 Å². The van der Waals surface area contributed by atoms with Crippen molar-refractivity contribution in [2.45, 2.75) is 20.4 Å². The summed E-state index contributed by atoms with van der Waals surface area (Å²) >= 11 is 12.0. The van der Waals surface area contributed by atoms with Crippen molar-refractivity contribution < 1.29 is 19.1 Å². The van der Waals surface area contributed by atoms with Gasteiger partial charge in [-0.25, -0.2) is 4.79 Å². The Bertz CT molecular complexity index is 1160. The van der Waals surface area contributed by atoms with E-state index in [9.17, 15) is 14.4 Å². The molecule has 0 aliphatic carbocycles. The highest BCUT2D eigenvalue weighted by Gasteiger charge is 2.21. The first-order chi connectivity index (χ1) is 15.3. The normalized spacial score (nSPS) is 10.5. The van der Waals surface area contributed by atoms with Crippen LogP contribution in [-0.4, -0.2) is 34.2 Å². The first-order valence-electron chi connectivity index (χ1n) is 9.55. The number of carbonyl (C=O) groups excluding carboxylic acids is 3. The summed E-state index contributed by atoms with van der Waals surface area (Å²) in [5.74, 6) is -1.92. The summed E-state index contributed by atoms with van der Waals surface area (Å²) in [6.45, 7) is 3.23. The molecule has 0 aliphatic rings. The fraction of sp³-hybridized carbons (Fsp3) is 0.182. The van der Waals surface area contributed by atoms with Gasteiger partial charge in [0.15, 0.2) is 6.61 Å². The smallest absolute Gasteiger partial charge is 0.342 e. The second kappa shape index (κ2) is 10.3. The molecule has 166 valence electrons.